The van der Waals surface area contributed by atoms with E-state index in [4.69, 9.17) is 0 Å². The Morgan fingerprint density at radius 2 is 1.91 bits per heavy atom. The van der Waals surface area contributed by atoms with Crippen molar-refractivity contribution in [3.63, 3.8) is 0 Å². The summed E-state index contributed by atoms with van der Waals surface area (Å²) in [5, 5.41) is 0. The van der Waals surface area contributed by atoms with Crippen molar-refractivity contribution in [2.75, 3.05) is 18.1 Å². The van der Waals surface area contributed by atoms with Crippen LogP contribution in [0, 0.1) is 5.41 Å². The highest BCUT2D eigenvalue weighted by molar-refractivity contribution is 7.99. The fraction of sp³-hybridized carbons (Fsp3) is 0.947. The fourth-order valence-corrected chi connectivity index (χ4v) is 4.60. The van der Waals surface area contributed by atoms with Crippen LogP contribution >= 0.6 is 11.8 Å². The fourth-order valence-electron chi connectivity index (χ4n) is 3.67. The summed E-state index contributed by atoms with van der Waals surface area (Å²) >= 11 is 2.05. The van der Waals surface area contributed by atoms with Crippen LogP contribution in [0.2, 0.25) is 0 Å². The highest BCUT2D eigenvalue weighted by atomic mass is 32.2. The molecule has 0 aromatic heterocycles. The SMILES string of the molecule is CCCC[C@@](C)(CCC)C(=O)N1CCC[C@H]1CCSCCC. The normalized spacial score (nSPS) is 21.1. The van der Waals surface area contributed by atoms with Crippen molar-refractivity contribution < 1.29 is 4.79 Å². The minimum absolute atomic E-state index is 0.121. The Hall–Kier alpha value is -0.180. The standard InChI is InChI=1S/C19H37NOS/c1-5-8-13-19(4,12-6-2)18(21)20-14-9-10-17(20)11-16-22-15-7-3/h17H,5-16H2,1-4H3/t17-,19+/m0/s1. The number of carbonyl (C=O) groups is 1. The zero-order valence-corrected chi connectivity index (χ0v) is 16.1. The summed E-state index contributed by atoms with van der Waals surface area (Å²) in [5.41, 5.74) is -0.121. The van der Waals surface area contributed by atoms with Crippen LogP contribution in [-0.2, 0) is 4.79 Å². The lowest BCUT2D eigenvalue weighted by atomic mass is 9.79. The van der Waals surface area contributed by atoms with Crippen LogP contribution in [0.15, 0.2) is 0 Å². The van der Waals surface area contributed by atoms with Gasteiger partial charge in [0.2, 0.25) is 5.91 Å². The van der Waals surface area contributed by atoms with Crippen molar-refractivity contribution in [2.45, 2.75) is 91.5 Å². The van der Waals surface area contributed by atoms with Gasteiger partial charge in [-0.05, 0) is 50.0 Å². The lowest BCUT2D eigenvalue weighted by Gasteiger charge is -2.36. The molecule has 1 aliphatic rings. The molecule has 1 aliphatic heterocycles. The summed E-state index contributed by atoms with van der Waals surface area (Å²) < 4.78 is 0. The average Bonchev–Trinajstić information content (AvgIpc) is 2.97. The molecular weight excluding hydrogens is 290 g/mol. The van der Waals surface area contributed by atoms with Crippen LogP contribution in [-0.4, -0.2) is 34.9 Å². The van der Waals surface area contributed by atoms with Gasteiger partial charge in [0.05, 0.1) is 0 Å². The van der Waals surface area contributed by atoms with Gasteiger partial charge in [-0.1, -0.05) is 47.0 Å². The first-order valence-electron chi connectivity index (χ1n) is 9.47. The molecule has 0 radical (unpaired) electrons. The largest absolute Gasteiger partial charge is 0.339 e. The molecule has 0 spiro atoms. The van der Waals surface area contributed by atoms with Crippen molar-refractivity contribution in [1.29, 1.82) is 0 Å². The summed E-state index contributed by atoms with van der Waals surface area (Å²) in [6.45, 7) is 9.88. The van der Waals surface area contributed by atoms with Crippen molar-refractivity contribution in [3.8, 4) is 0 Å². The van der Waals surface area contributed by atoms with E-state index in [2.05, 4.69) is 32.6 Å². The van der Waals surface area contributed by atoms with Gasteiger partial charge in [-0.25, -0.2) is 0 Å². The number of nitrogens with zero attached hydrogens (tertiary/aromatic N) is 1. The third-order valence-corrected chi connectivity index (χ3v) is 6.20. The Kier molecular flexibility index (Phi) is 9.54. The van der Waals surface area contributed by atoms with Gasteiger partial charge in [0.1, 0.15) is 0 Å². The minimum Gasteiger partial charge on any atom is -0.339 e. The predicted molar refractivity (Wildman–Crippen MR) is 99.5 cm³/mol. The van der Waals surface area contributed by atoms with Crippen molar-refractivity contribution >= 4 is 17.7 Å². The van der Waals surface area contributed by atoms with Crippen molar-refractivity contribution in [2.24, 2.45) is 5.41 Å². The van der Waals surface area contributed by atoms with E-state index in [-0.39, 0.29) is 5.41 Å². The van der Waals surface area contributed by atoms with Gasteiger partial charge < -0.3 is 4.90 Å². The first-order chi connectivity index (χ1) is 10.6. The second-order valence-corrected chi connectivity index (χ2v) is 8.33. The van der Waals surface area contributed by atoms with Gasteiger partial charge in [-0.2, -0.15) is 11.8 Å². The summed E-state index contributed by atoms with van der Waals surface area (Å²) in [4.78, 5) is 15.4. The van der Waals surface area contributed by atoms with Crippen molar-refractivity contribution in [1.82, 2.24) is 4.90 Å². The molecule has 1 rings (SSSR count). The number of likely N-dealkylation sites (tertiary alicyclic amines) is 1. The van der Waals surface area contributed by atoms with Crippen LogP contribution in [0.3, 0.4) is 0 Å². The maximum absolute atomic E-state index is 13.2. The molecule has 3 heteroatoms. The third kappa shape index (κ3) is 5.79. The molecule has 0 N–H and O–H groups in total. The molecule has 1 saturated heterocycles. The van der Waals surface area contributed by atoms with Crippen LogP contribution in [0.4, 0.5) is 0 Å². The highest BCUT2D eigenvalue weighted by Gasteiger charge is 2.39. The third-order valence-electron chi connectivity index (χ3n) is 4.98. The first kappa shape index (κ1) is 19.9. The topological polar surface area (TPSA) is 20.3 Å². The second kappa shape index (κ2) is 10.6. The summed E-state index contributed by atoms with van der Waals surface area (Å²) in [6, 6.07) is 0.509. The maximum atomic E-state index is 13.2. The Labute approximate surface area is 142 Å². The van der Waals surface area contributed by atoms with Gasteiger partial charge in [-0.3, -0.25) is 4.79 Å². The maximum Gasteiger partial charge on any atom is 0.228 e. The number of hydrogen-bond donors (Lipinski definition) is 0. The van der Waals surface area contributed by atoms with Gasteiger partial charge in [0.15, 0.2) is 0 Å². The molecule has 0 unspecified atom stereocenters. The van der Waals surface area contributed by atoms with Crippen molar-refractivity contribution in [3.05, 3.63) is 0 Å². The summed E-state index contributed by atoms with van der Waals surface area (Å²) in [6.07, 6.45) is 10.4. The Morgan fingerprint density at radius 1 is 1.14 bits per heavy atom. The summed E-state index contributed by atoms with van der Waals surface area (Å²) in [7, 11) is 0. The first-order valence-corrected chi connectivity index (χ1v) is 10.6. The minimum atomic E-state index is -0.121. The molecule has 0 saturated carbocycles. The number of rotatable bonds is 11. The molecule has 1 amide bonds. The monoisotopic (exact) mass is 327 g/mol. The number of unbranched alkanes of at least 4 members (excludes halogenated alkanes) is 1. The average molecular weight is 328 g/mol. The molecule has 0 aliphatic carbocycles. The number of thioether (sulfide) groups is 1. The molecule has 2 atom stereocenters. The highest BCUT2D eigenvalue weighted by Crippen LogP contribution is 2.35. The van der Waals surface area contributed by atoms with Crippen LogP contribution in [0.5, 0.6) is 0 Å². The van der Waals surface area contributed by atoms with Gasteiger partial charge in [-0.15, -0.1) is 0 Å². The smallest absolute Gasteiger partial charge is 0.228 e. The Bertz CT molecular complexity index is 321. The Balaban J connectivity index is 2.62. The van der Waals surface area contributed by atoms with Gasteiger partial charge >= 0.3 is 0 Å². The summed E-state index contributed by atoms with van der Waals surface area (Å²) in [5.74, 6) is 2.91. The molecule has 2 nitrogen and oxygen atoms in total. The second-order valence-electron chi connectivity index (χ2n) is 7.11. The zero-order chi connectivity index (χ0) is 16.4. The number of amides is 1. The predicted octanol–water partition coefficient (Wildman–Crippen LogP) is 5.51. The molecular formula is C19H37NOS. The van der Waals surface area contributed by atoms with Gasteiger partial charge in [0, 0.05) is 18.0 Å². The van der Waals surface area contributed by atoms with Crippen LogP contribution < -0.4 is 0 Å². The Morgan fingerprint density at radius 3 is 2.55 bits per heavy atom. The van der Waals surface area contributed by atoms with Crippen LogP contribution in [0.1, 0.15) is 85.5 Å². The molecule has 130 valence electrons. The quantitative estimate of drug-likeness (QED) is 0.466. The van der Waals surface area contributed by atoms with Gasteiger partial charge in [0.25, 0.3) is 0 Å². The van der Waals surface area contributed by atoms with E-state index in [1.54, 1.807) is 0 Å². The van der Waals surface area contributed by atoms with E-state index in [9.17, 15) is 4.79 Å². The van der Waals surface area contributed by atoms with E-state index in [0.29, 0.717) is 11.9 Å². The molecule has 1 fully saturated rings. The van der Waals surface area contributed by atoms with E-state index in [1.807, 2.05) is 11.8 Å². The molecule has 22 heavy (non-hydrogen) atoms. The molecule has 0 bridgehead atoms. The van der Waals surface area contributed by atoms with E-state index in [1.165, 1.54) is 50.0 Å². The van der Waals surface area contributed by atoms with Crippen LogP contribution in [0.25, 0.3) is 0 Å². The lowest BCUT2D eigenvalue weighted by Crippen LogP contribution is -2.45. The van der Waals surface area contributed by atoms with E-state index in [0.717, 1.165) is 25.8 Å². The van der Waals surface area contributed by atoms with E-state index >= 15 is 0 Å². The van der Waals surface area contributed by atoms with E-state index < -0.39 is 0 Å². The number of carbonyl (C=O) groups excluding carboxylic acids is 1. The molecule has 0 aromatic rings. The molecule has 1 heterocycles. The molecule has 0 aromatic carbocycles. The number of hydrogen-bond acceptors (Lipinski definition) is 2. The lowest BCUT2D eigenvalue weighted by molar-refractivity contribution is -0.143. The zero-order valence-electron chi connectivity index (χ0n) is 15.3.